The molecule has 0 aliphatic carbocycles. The first-order valence-electron chi connectivity index (χ1n) is 11.8. The molecule has 5 rings (SSSR count). The number of nitrogens with zero attached hydrogens (tertiary/aromatic N) is 5. The summed E-state index contributed by atoms with van der Waals surface area (Å²) < 4.78 is 8.29. The van der Waals surface area contributed by atoms with Crippen molar-refractivity contribution < 1.29 is 9.53 Å². The summed E-state index contributed by atoms with van der Waals surface area (Å²) in [7, 11) is 0. The lowest BCUT2D eigenvalue weighted by Gasteiger charge is -2.27. The minimum absolute atomic E-state index is 0. The molecule has 1 aliphatic rings. The second-order valence-electron chi connectivity index (χ2n) is 8.67. The molecule has 190 valence electrons. The van der Waals surface area contributed by atoms with Crippen LogP contribution < -0.4 is 4.90 Å². The van der Waals surface area contributed by atoms with Gasteiger partial charge < -0.3 is 4.74 Å². The number of carbonyl (C=O) groups excluding carboxylic acids is 1. The van der Waals surface area contributed by atoms with Crippen LogP contribution in [0.4, 0.5) is 5.13 Å². The van der Waals surface area contributed by atoms with E-state index in [-0.39, 0.29) is 18.3 Å². The second kappa shape index (κ2) is 11.7. The number of benzene rings is 2. The van der Waals surface area contributed by atoms with Crippen LogP contribution in [0, 0.1) is 13.8 Å². The van der Waals surface area contributed by atoms with Gasteiger partial charge in [-0.15, -0.1) is 12.4 Å². The number of aromatic nitrogens is 3. The van der Waals surface area contributed by atoms with E-state index in [1.54, 1.807) is 15.8 Å². The molecule has 0 unspecified atom stereocenters. The molecule has 7 nitrogen and oxygen atoms in total. The number of para-hydroxylation sites is 1. The number of aryl methyl sites for hydroxylation is 1. The molecule has 0 radical (unpaired) electrons. The van der Waals surface area contributed by atoms with Gasteiger partial charge in [0.05, 0.1) is 46.6 Å². The maximum Gasteiger partial charge on any atom is 0.263 e. The third-order valence-electron chi connectivity index (χ3n) is 6.41. The number of amides is 1. The summed E-state index contributed by atoms with van der Waals surface area (Å²) in [6, 6.07) is 13.7. The van der Waals surface area contributed by atoms with Crippen molar-refractivity contribution in [2.45, 2.75) is 20.3 Å². The van der Waals surface area contributed by atoms with Gasteiger partial charge in [0.1, 0.15) is 0 Å². The first kappa shape index (κ1) is 26.6. The van der Waals surface area contributed by atoms with Crippen molar-refractivity contribution in [1.29, 1.82) is 0 Å². The molecule has 0 saturated carbocycles. The van der Waals surface area contributed by atoms with Gasteiger partial charge in [0.15, 0.2) is 5.13 Å². The number of rotatable bonds is 7. The van der Waals surface area contributed by atoms with Gasteiger partial charge in [-0.3, -0.25) is 14.6 Å². The molecular formula is C26H29Cl2N5O2S. The normalized spacial score (nSPS) is 14.1. The minimum Gasteiger partial charge on any atom is -0.379 e. The Balaban J connectivity index is 0.00000304. The Morgan fingerprint density at radius 2 is 1.89 bits per heavy atom. The molecule has 0 N–H and O–H groups in total. The summed E-state index contributed by atoms with van der Waals surface area (Å²) >= 11 is 7.86. The molecule has 1 aliphatic heterocycles. The lowest BCUT2D eigenvalue weighted by molar-refractivity contribution is 0.0376. The zero-order valence-electron chi connectivity index (χ0n) is 20.3. The largest absolute Gasteiger partial charge is 0.379 e. The highest BCUT2D eigenvalue weighted by Gasteiger charge is 2.26. The van der Waals surface area contributed by atoms with Gasteiger partial charge >= 0.3 is 0 Å². The van der Waals surface area contributed by atoms with E-state index in [1.807, 2.05) is 56.3 Å². The van der Waals surface area contributed by atoms with E-state index in [9.17, 15) is 4.79 Å². The van der Waals surface area contributed by atoms with E-state index in [0.29, 0.717) is 22.3 Å². The van der Waals surface area contributed by atoms with Crippen LogP contribution in [0.5, 0.6) is 0 Å². The predicted molar refractivity (Wildman–Crippen MR) is 148 cm³/mol. The van der Waals surface area contributed by atoms with E-state index in [0.717, 1.165) is 66.4 Å². The van der Waals surface area contributed by atoms with Gasteiger partial charge in [0.25, 0.3) is 5.91 Å². The Hall–Kier alpha value is -2.49. The van der Waals surface area contributed by atoms with Gasteiger partial charge in [0.2, 0.25) is 0 Å². The van der Waals surface area contributed by atoms with Crippen molar-refractivity contribution in [2.75, 3.05) is 44.3 Å². The van der Waals surface area contributed by atoms with Gasteiger partial charge in [-0.05, 0) is 50.1 Å². The summed E-state index contributed by atoms with van der Waals surface area (Å²) in [6.45, 7) is 8.75. The lowest BCUT2D eigenvalue weighted by atomic mass is 10.2. The molecule has 0 bridgehead atoms. The van der Waals surface area contributed by atoms with E-state index in [4.69, 9.17) is 21.3 Å². The Morgan fingerprint density at radius 3 is 2.64 bits per heavy atom. The summed E-state index contributed by atoms with van der Waals surface area (Å²) in [5, 5.41) is 5.88. The average molecular weight is 547 g/mol. The van der Waals surface area contributed by atoms with Crippen molar-refractivity contribution in [1.82, 2.24) is 19.7 Å². The Kier molecular flexibility index (Phi) is 8.64. The maximum absolute atomic E-state index is 13.9. The number of halogens is 2. The zero-order chi connectivity index (χ0) is 24.4. The molecule has 1 amide bonds. The first-order chi connectivity index (χ1) is 17.0. The molecule has 0 atom stereocenters. The highest BCUT2D eigenvalue weighted by Crippen LogP contribution is 2.34. The van der Waals surface area contributed by atoms with E-state index < -0.39 is 0 Å². The van der Waals surface area contributed by atoms with Gasteiger partial charge in [-0.25, -0.2) is 9.67 Å². The number of anilines is 1. The maximum atomic E-state index is 13.9. The van der Waals surface area contributed by atoms with Crippen LogP contribution in [0.25, 0.3) is 15.9 Å². The number of hydrogen-bond acceptors (Lipinski definition) is 6. The molecule has 2 aromatic heterocycles. The smallest absolute Gasteiger partial charge is 0.263 e. The number of carbonyl (C=O) groups is 1. The Labute approximate surface area is 226 Å². The summed E-state index contributed by atoms with van der Waals surface area (Å²) in [4.78, 5) is 22.9. The van der Waals surface area contributed by atoms with Crippen molar-refractivity contribution in [2.24, 2.45) is 0 Å². The Morgan fingerprint density at radius 1 is 1.14 bits per heavy atom. The fourth-order valence-electron chi connectivity index (χ4n) is 4.36. The van der Waals surface area contributed by atoms with Gasteiger partial charge in [0, 0.05) is 31.2 Å². The van der Waals surface area contributed by atoms with Crippen LogP contribution in [0.15, 0.2) is 48.7 Å². The number of hydrogen-bond donors (Lipinski definition) is 0. The highest BCUT2D eigenvalue weighted by atomic mass is 35.5. The monoisotopic (exact) mass is 545 g/mol. The second-order valence-corrected chi connectivity index (χ2v) is 10.1. The number of ether oxygens (including phenoxy) is 1. The molecule has 10 heteroatoms. The van der Waals surface area contributed by atoms with Crippen molar-refractivity contribution in [3.05, 3.63) is 70.5 Å². The molecule has 2 aromatic carbocycles. The molecule has 0 spiro atoms. The Bertz CT molecular complexity index is 1340. The average Bonchev–Trinajstić information content (AvgIpc) is 3.49. The quantitative estimate of drug-likeness (QED) is 0.305. The SMILES string of the molecule is Cc1c(Cl)ccc2sc(N(CCCN3CCOCC3)C(=O)c3cnn(-c4ccccc4)c3C)nc12.Cl. The summed E-state index contributed by atoms with van der Waals surface area (Å²) in [6.07, 6.45) is 2.50. The van der Waals surface area contributed by atoms with Crippen molar-refractivity contribution in [3.8, 4) is 5.69 Å². The van der Waals surface area contributed by atoms with Crippen LogP contribution in [-0.4, -0.2) is 65.0 Å². The van der Waals surface area contributed by atoms with Crippen LogP contribution in [0.1, 0.15) is 28.0 Å². The molecule has 36 heavy (non-hydrogen) atoms. The highest BCUT2D eigenvalue weighted by molar-refractivity contribution is 7.22. The molecule has 1 saturated heterocycles. The molecule has 4 aromatic rings. The van der Waals surface area contributed by atoms with E-state index in [1.165, 1.54) is 11.3 Å². The zero-order valence-corrected chi connectivity index (χ0v) is 22.7. The number of thiazole rings is 1. The fourth-order valence-corrected chi connectivity index (χ4v) is 5.56. The first-order valence-corrected chi connectivity index (χ1v) is 13.0. The van der Waals surface area contributed by atoms with Crippen LogP contribution in [0.3, 0.4) is 0 Å². The summed E-state index contributed by atoms with van der Waals surface area (Å²) in [5.41, 5.74) is 4.09. The van der Waals surface area contributed by atoms with Crippen LogP contribution >= 0.6 is 35.3 Å². The van der Waals surface area contributed by atoms with E-state index in [2.05, 4.69) is 10.00 Å². The number of fused-ring (bicyclic) bond motifs is 1. The fraction of sp³-hybridized carbons (Fsp3) is 0.346. The van der Waals surface area contributed by atoms with Crippen molar-refractivity contribution in [3.63, 3.8) is 0 Å². The predicted octanol–water partition coefficient (Wildman–Crippen LogP) is 5.54. The minimum atomic E-state index is -0.0885. The molecular weight excluding hydrogens is 517 g/mol. The van der Waals surface area contributed by atoms with Crippen molar-refractivity contribution >= 4 is 56.6 Å². The molecule has 1 fully saturated rings. The third-order valence-corrected chi connectivity index (χ3v) is 7.87. The summed E-state index contributed by atoms with van der Waals surface area (Å²) in [5.74, 6) is -0.0885. The van der Waals surface area contributed by atoms with Gasteiger partial charge in [-0.1, -0.05) is 41.1 Å². The number of morpholine rings is 1. The topological polar surface area (TPSA) is 63.5 Å². The van der Waals surface area contributed by atoms with E-state index >= 15 is 0 Å². The molecule has 3 heterocycles. The van der Waals surface area contributed by atoms with Crippen LogP contribution in [0.2, 0.25) is 5.02 Å². The third kappa shape index (κ3) is 5.43. The van der Waals surface area contributed by atoms with Crippen LogP contribution in [-0.2, 0) is 4.74 Å². The van der Waals surface area contributed by atoms with Gasteiger partial charge in [-0.2, -0.15) is 5.10 Å². The standard InChI is InChI=1S/C26H28ClN5O2S.ClH/c1-18-22(27)9-10-23-24(18)29-26(35-23)31(12-6-11-30-13-15-34-16-14-30)25(33)21-17-28-32(19(21)2)20-7-4-3-5-8-20;/h3-5,7-10,17H,6,11-16H2,1-2H3;1H. The lowest BCUT2D eigenvalue weighted by Crippen LogP contribution is -2.39.